The van der Waals surface area contributed by atoms with E-state index in [4.69, 9.17) is 4.74 Å². The maximum absolute atomic E-state index is 12.0. The summed E-state index contributed by atoms with van der Waals surface area (Å²) < 4.78 is 5.70. The Labute approximate surface area is 181 Å². The van der Waals surface area contributed by atoms with Crippen LogP contribution >= 0.6 is 0 Å². The molecule has 1 aromatic heterocycles. The second-order valence-electron chi connectivity index (χ2n) is 9.71. The number of ether oxygens (including phenoxy) is 1. The number of piperazine rings is 1. The van der Waals surface area contributed by atoms with Crippen LogP contribution in [0.2, 0.25) is 0 Å². The van der Waals surface area contributed by atoms with Crippen molar-refractivity contribution in [2.45, 2.75) is 64.8 Å². The molecule has 1 aliphatic carbocycles. The summed E-state index contributed by atoms with van der Waals surface area (Å²) in [6, 6.07) is 2.40. The zero-order valence-corrected chi connectivity index (χ0v) is 18.7. The molecule has 1 amide bonds. The molecule has 6 heteroatoms. The number of carbonyl (C=O) groups excluding carboxylic acids is 1. The average molecular weight is 415 g/mol. The van der Waals surface area contributed by atoms with Gasteiger partial charge in [-0.05, 0) is 56.6 Å². The lowest BCUT2D eigenvalue weighted by molar-refractivity contribution is -0.122. The maximum atomic E-state index is 12.0. The van der Waals surface area contributed by atoms with Gasteiger partial charge in [0.1, 0.15) is 11.6 Å². The third kappa shape index (κ3) is 5.45. The van der Waals surface area contributed by atoms with Crippen LogP contribution in [0.1, 0.15) is 57.9 Å². The molecule has 0 radical (unpaired) electrons. The molecule has 1 saturated carbocycles. The molecule has 0 atom stereocenters. The predicted molar refractivity (Wildman–Crippen MR) is 120 cm³/mol. The van der Waals surface area contributed by atoms with Crippen LogP contribution in [0.15, 0.2) is 12.3 Å². The van der Waals surface area contributed by atoms with Gasteiger partial charge < -0.3 is 15.0 Å². The van der Waals surface area contributed by atoms with E-state index >= 15 is 0 Å². The number of pyridine rings is 1. The molecule has 30 heavy (non-hydrogen) atoms. The number of rotatable bonds is 7. The Balaban J connectivity index is 1.15. The number of anilines is 1. The van der Waals surface area contributed by atoms with Gasteiger partial charge in [-0.15, -0.1) is 0 Å². The van der Waals surface area contributed by atoms with E-state index in [0.717, 1.165) is 69.5 Å². The normalized spacial score (nSPS) is 24.6. The molecule has 1 aromatic rings. The molecular formula is C24H38N4O2. The van der Waals surface area contributed by atoms with Crippen molar-refractivity contribution in [2.24, 2.45) is 11.8 Å². The number of carbonyl (C=O) groups is 1. The highest BCUT2D eigenvalue weighted by molar-refractivity contribution is 5.76. The van der Waals surface area contributed by atoms with Crippen molar-refractivity contribution in [3.8, 4) is 5.75 Å². The summed E-state index contributed by atoms with van der Waals surface area (Å²) in [6.07, 6.45) is 9.62. The Bertz CT molecular complexity index is 707. The van der Waals surface area contributed by atoms with Crippen LogP contribution in [-0.2, 0) is 11.2 Å². The summed E-state index contributed by atoms with van der Waals surface area (Å²) in [6.45, 7) is 10.5. The van der Waals surface area contributed by atoms with E-state index in [0.29, 0.717) is 18.4 Å². The van der Waals surface area contributed by atoms with Crippen molar-refractivity contribution in [3.63, 3.8) is 0 Å². The molecule has 1 N–H and O–H groups in total. The topological polar surface area (TPSA) is 57.7 Å². The summed E-state index contributed by atoms with van der Waals surface area (Å²) in [7, 11) is 0. The van der Waals surface area contributed by atoms with Crippen molar-refractivity contribution >= 4 is 11.7 Å². The highest BCUT2D eigenvalue weighted by Crippen LogP contribution is 2.32. The lowest BCUT2D eigenvalue weighted by Crippen LogP contribution is -2.47. The second kappa shape index (κ2) is 9.99. The quantitative estimate of drug-likeness (QED) is 0.742. The van der Waals surface area contributed by atoms with Gasteiger partial charge in [0.25, 0.3) is 0 Å². The maximum Gasteiger partial charge on any atom is 0.220 e. The minimum Gasteiger partial charge on any atom is -0.493 e. The minimum absolute atomic E-state index is 0.233. The van der Waals surface area contributed by atoms with Gasteiger partial charge in [-0.3, -0.25) is 9.69 Å². The Kier molecular flexibility index (Phi) is 7.13. The van der Waals surface area contributed by atoms with Gasteiger partial charge in [-0.1, -0.05) is 13.8 Å². The molecule has 0 aromatic carbocycles. The van der Waals surface area contributed by atoms with E-state index in [1.807, 2.05) is 12.3 Å². The van der Waals surface area contributed by atoms with E-state index in [9.17, 15) is 4.79 Å². The van der Waals surface area contributed by atoms with Crippen molar-refractivity contribution in [3.05, 3.63) is 17.8 Å². The van der Waals surface area contributed by atoms with Crippen LogP contribution in [0.3, 0.4) is 0 Å². The second-order valence-corrected chi connectivity index (χ2v) is 9.71. The molecule has 166 valence electrons. The molecule has 3 aliphatic rings. The molecule has 0 spiro atoms. The van der Waals surface area contributed by atoms with E-state index in [-0.39, 0.29) is 5.91 Å². The van der Waals surface area contributed by atoms with Gasteiger partial charge in [0.05, 0.1) is 6.61 Å². The first-order valence-electron chi connectivity index (χ1n) is 12.0. The highest BCUT2D eigenvalue weighted by Gasteiger charge is 2.26. The first-order chi connectivity index (χ1) is 14.6. The smallest absolute Gasteiger partial charge is 0.220 e. The fraction of sp³-hybridized carbons (Fsp3) is 0.750. The average Bonchev–Trinajstić information content (AvgIpc) is 3.22. The van der Waals surface area contributed by atoms with E-state index in [1.165, 1.54) is 31.4 Å². The van der Waals surface area contributed by atoms with E-state index in [1.54, 1.807) is 0 Å². The summed E-state index contributed by atoms with van der Waals surface area (Å²) in [5, 5.41) is 3.24. The largest absolute Gasteiger partial charge is 0.493 e. The van der Waals surface area contributed by atoms with Gasteiger partial charge in [0, 0.05) is 56.8 Å². The monoisotopic (exact) mass is 414 g/mol. The number of hydrogen-bond acceptors (Lipinski definition) is 5. The van der Waals surface area contributed by atoms with Gasteiger partial charge in [-0.2, -0.15) is 0 Å². The Morgan fingerprint density at radius 2 is 1.97 bits per heavy atom. The molecule has 1 saturated heterocycles. The minimum atomic E-state index is 0.233. The van der Waals surface area contributed by atoms with Crippen LogP contribution < -0.4 is 15.0 Å². The zero-order chi connectivity index (χ0) is 20.9. The first kappa shape index (κ1) is 21.4. The Hall–Kier alpha value is -1.82. The number of hydrogen-bond donors (Lipinski definition) is 1. The number of nitrogens with one attached hydrogen (secondary N) is 1. The molecule has 2 fully saturated rings. The summed E-state index contributed by atoms with van der Waals surface area (Å²) in [4.78, 5) is 21.7. The third-order valence-electron chi connectivity index (χ3n) is 6.93. The number of fused-ring (bicyclic) bond motifs is 1. The molecular weight excluding hydrogens is 376 g/mol. The van der Waals surface area contributed by atoms with Crippen LogP contribution in [-0.4, -0.2) is 61.2 Å². The standard InChI is InChI=1S/C24H38N4O2/c1-18(2)17-23(29)26-20-5-3-19(4-6-20)8-11-27-12-14-28(15-13-27)24-21-9-16-30-22(21)7-10-25-24/h7,10,18-20H,3-6,8-9,11-17H2,1-2H3,(H,26,29). The molecule has 2 aliphatic heterocycles. The van der Waals surface area contributed by atoms with Gasteiger partial charge >= 0.3 is 0 Å². The lowest BCUT2D eigenvalue weighted by Gasteiger charge is -2.37. The van der Waals surface area contributed by atoms with Crippen molar-refractivity contribution in [2.75, 3.05) is 44.2 Å². The fourth-order valence-corrected chi connectivity index (χ4v) is 5.17. The predicted octanol–water partition coefficient (Wildman–Crippen LogP) is 3.25. The van der Waals surface area contributed by atoms with Crippen molar-refractivity contribution < 1.29 is 9.53 Å². The third-order valence-corrected chi connectivity index (χ3v) is 6.93. The highest BCUT2D eigenvalue weighted by atomic mass is 16.5. The molecule has 6 nitrogen and oxygen atoms in total. The van der Waals surface area contributed by atoms with E-state index in [2.05, 4.69) is 33.9 Å². The first-order valence-corrected chi connectivity index (χ1v) is 12.0. The zero-order valence-electron chi connectivity index (χ0n) is 18.7. The van der Waals surface area contributed by atoms with Crippen molar-refractivity contribution in [1.29, 1.82) is 0 Å². The number of nitrogens with zero attached hydrogens (tertiary/aromatic N) is 3. The number of amides is 1. The molecule has 3 heterocycles. The van der Waals surface area contributed by atoms with Gasteiger partial charge in [-0.25, -0.2) is 4.98 Å². The fourth-order valence-electron chi connectivity index (χ4n) is 5.17. The van der Waals surface area contributed by atoms with Crippen LogP contribution in [0.5, 0.6) is 5.75 Å². The summed E-state index contributed by atoms with van der Waals surface area (Å²) in [5.41, 5.74) is 1.29. The van der Waals surface area contributed by atoms with Crippen molar-refractivity contribution in [1.82, 2.24) is 15.2 Å². The summed E-state index contributed by atoms with van der Waals surface area (Å²) in [5.74, 6) is 3.66. The van der Waals surface area contributed by atoms with Crippen LogP contribution in [0, 0.1) is 11.8 Å². The van der Waals surface area contributed by atoms with Gasteiger partial charge in [0.15, 0.2) is 0 Å². The number of aromatic nitrogens is 1. The molecule has 0 bridgehead atoms. The summed E-state index contributed by atoms with van der Waals surface area (Å²) >= 11 is 0. The molecule has 0 unspecified atom stereocenters. The molecule has 4 rings (SSSR count). The van der Waals surface area contributed by atoms with Gasteiger partial charge in [0.2, 0.25) is 5.91 Å². The van der Waals surface area contributed by atoms with E-state index < -0.39 is 0 Å². The van der Waals surface area contributed by atoms with Crippen LogP contribution in [0.4, 0.5) is 5.82 Å². The Morgan fingerprint density at radius 1 is 1.20 bits per heavy atom. The SMILES string of the molecule is CC(C)CC(=O)NC1CCC(CCN2CCN(c3nccc4c3CCO4)CC2)CC1. The Morgan fingerprint density at radius 3 is 2.70 bits per heavy atom. The lowest BCUT2D eigenvalue weighted by atomic mass is 9.84. The van der Waals surface area contributed by atoms with Crippen LogP contribution in [0.25, 0.3) is 0 Å².